The highest BCUT2D eigenvalue weighted by Gasteiger charge is 2.18. The van der Waals surface area contributed by atoms with Gasteiger partial charge >= 0.3 is 5.97 Å². The molecule has 1 heterocycles. The molecule has 0 bridgehead atoms. The number of carbonyl (C=O) groups excluding carboxylic acids is 1. The number of fused-ring (bicyclic) bond motifs is 1. The number of carbonyl (C=O) groups is 1. The van der Waals surface area contributed by atoms with Crippen molar-refractivity contribution in [2.45, 2.75) is 26.2 Å². The maximum Gasteiger partial charge on any atom is 0.306 e. The van der Waals surface area contributed by atoms with Crippen molar-refractivity contribution in [1.82, 2.24) is 0 Å². The van der Waals surface area contributed by atoms with E-state index in [1.165, 1.54) is 5.56 Å². The Labute approximate surface area is 109 Å². The number of esters is 1. The highest BCUT2D eigenvalue weighted by Crippen LogP contribution is 2.33. The Morgan fingerprint density at radius 1 is 1.53 bits per heavy atom. The SMILES string of the molecule is CCOC(=O)CCc1cc(Br)cc2c1OCC2. The summed E-state index contributed by atoms with van der Waals surface area (Å²) in [6.07, 6.45) is 2.02. The van der Waals surface area contributed by atoms with Crippen LogP contribution in [0.15, 0.2) is 16.6 Å². The number of benzene rings is 1. The molecule has 0 atom stereocenters. The fourth-order valence-electron chi connectivity index (χ4n) is 2.00. The van der Waals surface area contributed by atoms with Crippen LogP contribution in [0.25, 0.3) is 0 Å². The normalized spacial score (nSPS) is 13.1. The van der Waals surface area contributed by atoms with E-state index < -0.39 is 0 Å². The Kier molecular flexibility index (Phi) is 4.05. The standard InChI is InChI=1S/C13H15BrO3/c1-2-16-12(15)4-3-9-7-11(14)8-10-5-6-17-13(9)10/h7-8H,2-6H2,1H3. The fraction of sp³-hybridized carbons (Fsp3) is 0.462. The molecule has 0 unspecified atom stereocenters. The van der Waals surface area contributed by atoms with E-state index in [9.17, 15) is 4.79 Å². The molecular weight excluding hydrogens is 284 g/mol. The van der Waals surface area contributed by atoms with Crippen LogP contribution >= 0.6 is 15.9 Å². The first-order valence-corrected chi connectivity index (χ1v) is 6.59. The largest absolute Gasteiger partial charge is 0.493 e. The van der Waals surface area contributed by atoms with Crippen molar-refractivity contribution in [1.29, 1.82) is 0 Å². The Morgan fingerprint density at radius 2 is 2.35 bits per heavy atom. The van der Waals surface area contributed by atoms with Gasteiger partial charge in [0.25, 0.3) is 0 Å². The predicted molar refractivity (Wildman–Crippen MR) is 68.3 cm³/mol. The van der Waals surface area contributed by atoms with E-state index >= 15 is 0 Å². The number of aryl methyl sites for hydroxylation is 1. The zero-order valence-corrected chi connectivity index (χ0v) is 11.4. The van der Waals surface area contributed by atoms with Crippen LogP contribution in [0.5, 0.6) is 5.75 Å². The van der Waals surface area contributed by atoms with Crippen molar-refractivity contribution < 1.29 is 14.3 Å². The molecule has 17 heavy (non-hydrogen) atoms. The van der Waals surface area contributed by atoms with Gasteiger partial charge in [0.1, 0.15) is 5.75 Å². The van der Waals surface area contributed by atoms with Crippen LogP contribution in [-0.2, 0) is 22.4 Å². The molecule has 0 amide bonds. The maximum atomic E-state index is 11.3. The van der Waals surface area contributed by atoms with E-state index in [0.29, 0.717) is 19.4 Å². The summed E-state index contributed by atoms with van der Waals surface area (Å²) in [6.45, 7) is 2.99. The Hall–Kier alpha value is -1.03. The quantitative estimate of drug-likeness (QED) is 0.802. The van der Waals surface area contributed by atoms with Crippen LogP contribution in [-0.4, -0.2) is 19.2 Å². The summed E-state index contributed by atoms with van der Waals surface area (Å²) < 4.78 is 11.6. The number of halogens is 1. The Bertz CT molecular complexity index is 429. The first kappa shape index (κ1) is 12.4. The predicted octanol–water partition coefficient (Wildman–Crippen LogP) is 2.88. The molecule has 4 heteroatoms. The monoisotopic (exact) mass is 298 g/mol. The van der Waals surface area contributed by atoms with Crippen molar-refractivity contribution >= 4 is 21.9 Å². The van der Waals surface area contributed by atoms with E-state index in [2.05, 4.69) is 22.0 Å². The number of rotatable bonds is 4. The molecular formula is C13H15BrO3. The zero-order chi connectivity index (χ0) is 12.3. The van der Waals surface area contributed by atoms with Gasteiger partial charge in [0.15, 0.2) is 0 Å². The Balaban J connectivity index is 2.08. The highest BCUT2D eigenvalue weighted by molar-refractivity contribution is 9.10. The Morgan fingerprint density at radius 3 is 3.12 bits per heavy atom. The molecule has 2 rings (SSSR count). The van der Waals surface area contributed by atoms with E-state index in [4.69, 9.17) is 9.47 Å². The molecule has 3 nitrogen and oxygen atoms in total. The first-order chi connectivity index (χ1) is 8.20. The lowest BCUT2D eigenvalue weighted by atomic mass is 10.0. The van der Waals surface area contributed by atoms with Gasteiger partial charge in [-0.3, -0.25) is 4.79 Å². The van der Waals surface area contributed by atoms with Crippen molar-refractivity contribution in [2.24, 2.45) is 0 Å². The van der Waals surface area contributed by atoms with Crippen molar-refractivity contribution in [3.05, 3.63) is 27.7 Å². The van der Waals surface area contributed by atoms with Crippen LogP contribution in [0.4, 0.5) is 0 Å². The number of hydrogen-bond donors (Lipinski definition) is 0. The summed E-state index contributed by atoms with van der Waals surface area (Å²) in [5, 5.41) is 0. The smallest absolute Gasteiger partial charge is 0.306 e. The average molecular weight is 299 g/mol. The molecule has 0 N–H and O–H groups in total. The van der Waals surface area contributed by atoms with E-state index in [1.54, 1.807) is 0 Å². The summed E-state index contributed by atoms with van der Waals surface area (Å²) >= 11 is 3.48. The minimum absolute atomic E-state index is 0.153. The summed E-state index contributed by atoms with van der Waals surface area (Å²) in [4.78, 5) is 11.3. The third kappa shape index (κ3) is 3.00. The fourth-order valence-corrected chi connectivity index (χ4v) is 2.55. The van der Waals surface area contributed by atoms with Gasteiger partial charge in [-0.2, -0.15) is 0 Å². The minimum atomic E-state index is -0.153. The first-order valence-electron chi connectivity index (χ1n) is 5.80. The van der Waals surface area contributed by atoms with Crippen LogP contribution in [0.1, 0.15) is 24.5 Å². The van der Waals surface area contributed by atoms with Crippen LogP contribution in [0.2, 0.25) is 0 Å². The van der Waals surface area contributed by atoms with E-state index in [-0.39, 0.29) is 5.97 Å². The summed E-state index contributed by atoms with van der Waals surface area (Å²) in [5.74, 6) is 0.803. The number of ether oxygens (including phenoxy) is 2. The molecule has 1 aliphatic rings. The second-order valence-electron chi connectivity index (χ2n) is 3.96. The average Bonchev–Trinajstić information content (AvgIpc) is 2.74. The van der Waals surface area contributed by atoms with Crippen LogP contribution < -0.4 is 4.74 Å². The third-order valence-electron chi connectivity index (χ3n) is 2.73. The van der Waals surface area contributed by atoms with Crippen LogP contribution in [0, 0.1) is 0 Å². The summed E-state index contributed by atoms with van der Waals surface area (Å²) in [7, 11) is 0. The third-order valence-corrected chi connectivity index (χ3v) is 3.19. The molecule has 0 aliphatic carbocycles. The van der Waals surface area contributed by atoms with Crippen molar-refractivity contribution in [3.8, 4) is 5.75 Å². The lowest BCUT2D eigenvalue weighted by molar-refractivity contribution is -0.143. The topological polar surface area (TPSA) is 35.5 Å². The minimum Gasteiger partial charge on any atom is -0.493 e. The second kappa shape index (κ2) is 5.54. The van der Waals surface area contributed by atoms with Gasteiger partial charge < -0.3 is 9.47 Å². The molecule has 0 fully saturated rings. The molecule has 0 saturated heterocycles. The second-order valence-corrected chi connectivity index (χ2v) is 4.87. The molecule has 0 spiro atoms. The lowest BCUT2D eigenvalue weighted by Gasteiger charge is -2.08. The lowest BCUT2D eigenvalue weighted by Crippen LogP contribution is -2.05. The molecule has 1 aromatic carbocycles. The zero-order valence-electron chi connectivity index (χ0n) is 9.79. The van der Waals surface area contributed by atoms with Gasteiger partial charge in [-0.05, 0) is 36.6 Å². The molecule has 1 aromatic rings. The molecule has 0 aromatic heterocycles. The van der Waals surface area contributed by atoms with Gasteiger partial charge in [0, 0.05) is 17.3 Å². The van der Waals surface area contributed by atoms with Crippen molar-refractivity contribution in [2.75, 3.05) is 13.2 Å². The molecule has 0 saturated carbocycles. The van der Waals surface area contributed by atoms with Gasteiger partial charge in [0.05, 0.1) is 13.2 Å². The van der Waals surface area contributed by atoms with Gasteiger partial charge in [-0.15, -0.1) is 0 Å². The highest BCUT2D eigenvalue weighted by atomic mass is 79.9. The van der Waals surface area contributed by atoms with Gasteiger partial charge in [-0.25, -0.2) is 0 Å². The molecule has 1 aliphatic heterocycles. The number of hydrogen-bond acceptors (Lipinski definition) is 3. The summed E-state index contributed by atoms with van der Waals surface area (Å²) in [5.41, 5.74) is 2.30. The summed E-state index contributed by atoms with van der Waals surface area (Å²) in [6, 6.07) is 4.10. The van der Waals surface area contributed by atoms with Crippen LogP contribution in [0.3, 0.4) is 0 Å². The van der Waals surface area contributed by atoms with Crippen molar-refractivity contribution in [3.63, 3.8) is 0 Å². The van der Waals surface area contributed by atoms with E-state index in [0.717, 1.165) is 28.8 Å². The maximum absolute atomic E-state index is 11.3. The van der Waals surface area contributed by atoms with Gasteiger partial charge in [0.2, 0.25) is 0 Å². The van der Waals surface area contributed by atoms with Gasteiger partial charge in [-0.1, -0.05) is 15.9 Å². The van der Waals surface area contributed by atoms with E-state index in [1.807, 2.05) is 13.0 Å². The molecule has 0 radical (unpaired) electrons. The molecule has 92 valence electrons.